The minimum atomic E-state index is -2.68. The molecule has 0 unspecified atom stereocenters. The second kappa shape index (κ2) is 6.90. The number of nitrogens with one attached hydrogen (secondary N) is 2. The number of H-pyrrole nitrogens is 1. The van der Waals surface area contributed by atoms with Crippen LogP contribution in [0.4, 0.5) is 8.78 Å². The Bertz CT molecular complexity index is 271. The summed E-state index contributed by atoms with van der Waals surface area (Å²) in [6, 6.07) is 0. The van der Waals surface area contributed by atoms with Gasteiger partial charge in [0, 0.05) is 6.92 Å². The number of imidazole rings is 1. The molecule has 0 saturated carbocycles. The first-order valence-electron chi connectivity index (χ1n) is 4.75. The van der Waals surface area contributed by atoms with Crippen molar-refractivity contribution < 1.29 is 8.78 Å². The van der Waals surface area contributed by atoms with E-state index in [2.05, 4.69) is 31.2 Å². The number of nitrogens with zero attached hydrogens (tertiary/aromatic N) is 1. The van der Waals surface area contributed by atoms with E-state index in [1.165, 1.54) is 0 Å². The van der Waals surface area contributed by atoms with Crippen LogP contribution in [-0.2, 0) is 6.54 Å². The highest BCUT2D eigenvalue weighted by Crippen LogP contribution is 2.09. The third kappa shape index (κ3) is 7.44. The molecule has 1 rings (SSSR count). The molecule has 0 atom stereocenters. The van der Waals surface area contributed by atoms with E-state index in [0.29, 0.717) is 12.4 Å². The number of hydrogen-bond acceptors (Lipinski definition) is 2. The Morgan fingerprint density at radius 3 is 2.53 bits per heavy atom. The van der Waals surface area contributed by atoms with Gasteiger partial charge in [0.2, 0.25) is 0 Å². The molecule has 0 fully saturated rings. The van der Waals surface area contributed by atoms with Crippen LogP contribution in [0.3, 0.4) is 0 Å². The molecule has 3 nitrogen and oxygen atoms in total. The second-order valence-electron chi connectivity index (χ2n) is 2.85. The van der Waals surface area contributed by atoms with Crippen LogP contribution in [0.15, 0.2) is 10.8 Å². The Kier molecular flexibility index (Phi) is 6.67. The van der Waals surface area contributed by atoms with Crippen molar-refractivity contribution in [1.29, 1.82) is 0 Å². The zero-order valence-electron chi connectivity index (χ0n) is 9.07. The lowest BCUT2D eigenvalue weighted by Gasteiger charge is -2.09. The van der Waals surface area contributed by atoms with Gasteiger partial charge in [-0.15, -0.1) is 0 Å². The molecule has 0 saturated heterocycles. The van der Waals surface area contributed by atoms with Crippen molar-refractivity contribution in [1.82, 2.24) is 15.3 Å². The molecule has 1 heterocycles. The SMILES string of the molecule is CC.CC(F)(F)CNCc1ncc(Br)[nH]1. The second-order valence-corrected chi connectivity index (χ2v) is 3.71. The van der Waals surface area contributed by atoms with E-state index in [-0.39, 0.29) is 6.54 Å². The summed E-state index contributed by atoms with van der Waals surface area (Å²) < 4.78 is 25.4. The highest BCUT2D eigenvalue weighted by molar-refractivity contribution is 9.10. The maximum absolute atomic E-state index is 12.3. The summed E-state index contributed by atoms with van der Waals surface area (Å²) in [6.45, 7) is 4.85. The van der Waals surface area contributed by atoms with Crippen LogP contribution in [0.25, 0.3) is 0 Å². The largest absolute Gasteiger partial charge is 0.336 e. The van der Waals surface area contributed by atoms with Crippen LogP contribution in [0, 0.1) is 0 Å². The predicted octanol–water partition coefficient (Wildman–Crippen LogP) is 2.94. The van der Waals surface area contributed by atoms with Crippen molar-refractivity contribution in [3.8, 4) is 0 Å². The van der Waals surface area contributed by atoms with E-state index in [4.69, 9.17) is 0 Å². The molecule has 0 spiro atoms. The lowest BCUT2D eigenvalue weighted by atomic mass is 10.4. The zero-order valence-corrected chi connectivity index (χ0v) is 10.7. The molecular formula is C9H16BrF2N3. The van der Waals surface area contributed by atoms with E-state index in [0.717, 1.165) is 11.5 Å². The van der Waals surface area contributed by atoms with Crippen molar-refractivity contribution in [2.75, 3.05) is 6.54 Å². The first kappa shape index (κ1) is 14.5. The maximum Gasteiger partial charge on any atom is 0.257 e. The number of halogens is 3. The van der Waals surface area contributed by atoms with Crippen LogP contribution in [-0.4, -0.2) is 22.4 Å². The molecule has 0 aromatic carbocycles. The summed E-state index contributed by atoms with van der Waals surface area (Å²) in [7, 11) is 0. The minimum Gasteiger partial charge on any atom is -0.336 e. The van der Waals surface area contributed by atoms with E-state index >= 15 is 0 Å². The van der Waals surface area contributed by atoms with Gasteiger partial charge < -0.3 is 10.3 Å². The summed E-state index contributed by atoms with van der Waals surface area (Å²) in [5, 5.41) is 2.59. The number of alkyl halides is 2. The van der Waals surface area contributed by atoms with Gasteiger partial charge in [0.15, 0.2) is 0 Å². The Morgan fingerprint density at radius 1 is 1.53 bits per heavy atom. The van der Waals surface area contributed by atoms with Gasteiger partial charge in [-0.1, -0.05) is 13.8 Å². The highest BCUT2D eigenvalue weighted by Gasteiger charge is 2.19. The van der Waals surface area contributed by atoms with Crippen LogP contribution in [0.2, 0.25) is 0 Å². The van der Waals surface area contributed by atoms with Gasteiger partial charge in [-0.3, -0.25) is 0 Å². The lowest BCUT2D eigenvalue weighted by Crippen LogP contribution is -2.29. The summed E-state index contributed by atoms with van der Waals surface area (Å²) in [4.78, 5) is 6.79. The summed E-state index contributed by atoms with van der Waals surface area (Å²) in [5.74, 6) is -2.04. The molecule has 0 aliphatic rings. The average molecular weight is 284 g/mol. The summed E-state index contributed by atoms with van der Waals surface area (Å²) in [5.41, 5.74) is 0. The third-order valence-electron chi connectivity index (χ3n) is 1.33. The molecule has 0 aliphatic carbocycles. The molecule has 0 aliphatic heterocycles. The molecule has 2 N–H and O–H groups in total. The van der Waals surface area contributed by atoms with E-state index in [1.54, 1.807) is 6.20 Å². The summed E-state index contributed by atoms with van der Waals surface area (Å²) >= 11 is 3.17. The monoisotopic (exact) mass is 283 g/mol. The molecule has 0 bridgehead atoms. The average Bonchev–Trinajstić information content (AvgIpc) is 2.53. The number of aromatic amines is 1. The molecule has 0 amide bonds. The van der Waals surface area contributed by atoms with Crippen molar-refractivity contribution >= 4 is 15.9 Å². The van der Waals surface area contributed by atoms with E-state index in [1.807, 2.05) is 13.8 Å². The number of aromatic nitrogens is 2. The Morgan fingerprint density at radius 2 is 2.13 bits per heavy atom. The quantitative estimate of drug-likeness (QED) is 0.892. The molecule has 15 heavy (non-hydrogen) atoms. The molecule has 1 aromatic heterocycles. The fourth-order valence-corrected chi connectivity index (χ4v) is 1.16. The van der Waals surface area contributed by atoms with Gasteiger partial charge in [-0.2, -0.15) is 0 Å². The third-order valence-corrected chi connectivity index (χ3v) is 1.73. The van der Waals surface area contributed by atoms with Crippen molar-refractivity contribution in [3.05, 3.63) is 16.6 Å². The molecule has 1 aromatic rings. The lowest BCUT2D eigenvalue weighted by molar-refractivity contribution is 0.0223. The van der Waals surface area contributed by atoms with Gasteiger partial charge in [0.05, 0.1) is 19.3 Å². The molecular weight excluding hydrogens is 268 g/mol. The molecule has 6 heteroatoms. The van der Waals surface area contributed by atoms with Crippen LogP contribution in [0.1, 0.15) is 26.6 Å². The zero-order chi connectivity index (χ0) is 11.9. The van der Waals surface area contributed by atoms with Crippen LogP contribution < -0.4 is 5.32 Å². The molecule has 0 radical (unpaired) electrons. The fraction of sp³-hybridized carbons (Fsp3) is 0.667. The summed E-state index contributed by atoms with van der Waals surface area (Å²) in [6.07, 6.45) is 1.58. The van der Waals surface area contributed by atoms with Crippen LogP contribution in [0.5, 0.6) is 0 Å². The van der Waals surface area contributed by atoms with Crippen molar-refractivity contribution in [3.63, 3.8) is 0 Å². The van der Waals surface area contributed by atoms with Gasteiger partial charge in [-0.05, 0) is 15.9 Å². The number of hydrogen-bond donors (Lipinski definition) is 2. The van der Waals surface area contributed by atoms with Gasteiger partial charge in [0.25, 0.3) is 5.92 Å². The van der Waals surface area contributed by atoms with Gasteiger partial charge in [-0.25, -0.2) is 13.8 Å². The minimum absolute atomic E-state index is 0.315. The smallest absolute Gasteiger partial charge is 0.257 e. The van der Waals surface area contributed by atoms with Crippen molar-refractivity contribution in [2.24, 2.45) is 0 Å². The molecule has 88 valence electrons. The van der Waals surface area contributed by atoms with E-state index < -0.39 is 5.92 Å². The normalized spacial score (nSPS) is 10.8. The standard InChI is InChI=1S/C7H10BrF2N3.C2H6/c1-7(9,10)4-11-3-6-12-2-5(8)13-6;1-2/h2,11H,3-4H2,1H3,(H,12,13);1-2H3. The predicted molar refractivity (Wildman–Crippen MR) is 60.0 cm³/mol. The first-order valence-corrected chi connectivity index (χ1v) is 5.54. The Balaban J connectivity index is 0.000000921. The maximum atomic E-state index is 12.3. The fourth-order valence-electron chi connectivity index (χ4n) is 0.827. The van der Waals surface area contributed by atoms with Gasteiger partial charge >= 0.3 is 0 Å². The highest BCUT2D eigenvalue weighted by atomic mass is 79.9. The Labute approximate surface area is 96.8 Å². The van der Waals surface area contributed by atoms with E-state index in [9.17, 15) is 8.78 Å². The topological polar surface area (TPSA) is 40.7 Å². The first-order chi connectivity index (χ1) is 6.97. The van der Waals surface area contributed by atoms with Crippen molar-refractivity contribution in [2.45, 2.75) is 33.2 Å². The Hall–Kier alpha value is -0.490. The van der Waals surface area contributed by atoms with Crippen LogP contribution >= 0.6 is 15.9 Å². The number of rotatable bonds is 4. The van der Waals surface area contributed by atoms with Gasteiger partial charge in [0.1, 0.15) is 10.4 Å².